The van der Waals surface area contributed by atoms with Crippen molar-refractivity contribution < 1.29 is 4.74 Å². The molecule has 1 fully saturated rings. The van der Waals surface area contributed by atoms with Crippen LogP contribution in [0.1, 0.15) is 52.9 Å². The molecule has 2 rings (SSSR count). The van der Waals surface area contributed by atoms with Crippen molar-refractivity contribution in [3.8, 4) is 5.88 Å². The van der Waals surface area contributed by atoms with Crippen molar-refractivity contribution in [1.29, 1.82) is 0 Å². The second-order valence-corrected chi connectivity index (χ2v) is 5.71. The van der Waals surface area contributed by atoms with Crippen LogP contribution >= 0.6 is 0 Å². The summed E-state index contributed by atoms with van der Waals surface area (Å²) in [4.78, 5) is 10.9. The lowest BCUT2D eigenvalue weighted by molar-refractivity contribution is 0.233. The van der Waals surface area contributed by atoms with Crippen LogP contribution in [0.25, 0.3) is 0 Å². The topological polar surface area (TPSA) is 64.3 Å². The van der Waals surface area contributed by atoms with Gasteiger partial charge in [0, 0.05) is 12.6 Å². The Morgan fingerprint density at radius 1 is 1.40 bits per heavy atom. The molecule has 1 atom stereocenters. The lowest BCUT2D eigenvalue weighted by Crippen LogP contribution is -2.40. The molecule has 2 heterocycles. The monoisotopic (exact) mass is 278 g/mol. The number of nitrogens with two attached hydrogens (primary N) is 1. The SMILES string of the molecule is CCCC1CCCCN1c1ncnc(OC(C)C)c1N. The van der Waals surface area contributed by atoms with E-state index in [0.717, 1.165) is 12.4 Å². The number of nitrogens with zero attached hydrogens (tertiary/aromatic N) is 3. The fourth-order valence-corrected chi connectivity index (χ4v) is 2.83. The quantitative estimate of drug-likeness (QED) is 0.897. The van der Waals surface area contributed by atoms with Crippen molar-refractivity contribution in [2.24, 2.45) is 0 Å². The van der Waals surface area contributed by atoms with Gasteiger partial charge in [-0.2, -0.15) is 4.98 Å². The van der Waals surface area contributed by atoms with Crippen LogP contribution in [0.2, 0.25) is 0 Å². The van der Waals surface area contributed by atoms with Gasteiger partial charge in [0.1, 0.15) is 12.0 Å². The third-order valence-electron chi connectivity index (χ3n) is 3.69. The Morgan fingerprint density at radius 3 is 2.90 bits per heavy atom. The minimum Gasteiger partial charge on any atom is -0.473 e. The van der Waals surface area contributed by atoms with Gasteiger partial charge in [-0.25, -0.2) is 4.98 Å². The Bertz CT molecular complexity index is 434. The van der Waals surface area contributed by atoms with Crippen molar-refractivity contribution >= 4 is 11.5 Å². The summed E-state index contributed by atoms with van der Waals surface area (Å²) in [6.07, 6.45) is 7.70. The first-order valence-electron chi connectivity index (χ1n) is 7.67. The van der Waals surface area contributed by atoms with Crippen molar-refractivity contribution in [3.63, 3.8) is 0 Å². The zero-order chi connectivity index (χ0) is 14.5. The van der Waals surface area contributed by atoms with E-state index < -0.39 is 0 Å². The number of hydrogen-bond acceptors (Lipinski definition) is 5. The molecular weight excluding hydrogens is 252 g/mol. The lowest BCUT2D eigenvalue weighted by Gasteiger charge is -2.37. The van der Waals surface area contributed by atoms with Gasteiger partial charge >= 0.3 is 0 Å². The molecule has 1 aromatic rings. The number of rotatable bonds is 5. The largest absolute Gasteiger partial charge is 0.473 e. The molecule has 0 amide bonds. The average Bonchev–Trinajstić information content (AvgIpc) is 2.42. The standard InChI is InChI=1S/C15H26N4O/c1-4-7-12-8-5-6-9-19(12)14-13(16)15(18-10-17-14)20-11(2)3/h10-12H,4-9,16H2,1-3H3. The Kier molecular flexibility index (Phi) is 5.04. The maximum Gasteiger partial charge on any atom is 0.242 e. The number of hydrogen-bond donors (Lipinski definition) is 1. The van der Waals surface area contributed by atoms with Gasteiger partial charge in [0.25, 0.3) is 0 Å². The van der Waals surface area contributed by atoms with E-state index in [-0.39, 0.29) is 6.10 Å². The summed E-state index contributed by atoms with van der Waals surface area (Å²) in [6.45, 7) is 7.19. The van der Waals surface area contributed by atoms with Crippen molar-refractivity contribution in [2.75, 3.05) is 17.2 Å². The molecule has 0 spiro atoms. The van der Waals surface area contributed by atoms with E-state index in [0.29, 0.717) is 17.6 Å². The van der Waals surface area contributed by atoms with Gasteiger partial charge in [-0.05, 0) is 39.5 Å². The summed E-state index contributed by atoms with van der Waals surface area (Å²) in [6, 6.07) is 0.540. The van der Waals surface area contributed by atoms with Gasteiger partial charge < -0.3 is 15.4 Å². The molecule has 1 unspecified atom stereocenters. The van der Waals surface area contributed by atoms with Crippen LogP contribution in [-0.2, 0) is 0 Å². The van der Waals surface area contributed by atoms with Crippen LogP contribution in [0.5, 0.6) is 5.88 Å². The Balaban J connectivity index is 2.25. The first-order chi connectivity index (χ1) is 9.63. The first-order valence-corrected chi connectivity index (χ1v) is 7.67. The minimum atomic E-state index is 0.0628. The molecule has 0 radical (unpaired) electrons. The van der Waals surface area contributed by atoms with Crippen LogP contribution in [0.3, 0.4) is 0 Å². The van der Waals surface area contributed by atoms with Crippen LogP contribution in [-0.4, -0.2) is 28.7 Å². The number of aromatic nitrogens is 2. The molecule has 5 nitrogen and oxygen atoms in total. The van der Waals surface area contributed by atoms with E-state index in [4.69, 9.17) is 10.5 Å². The highest BCUT2D eigenvalue weighted by Crippen LogP contribution is 2.33. The zero-order valence-electron chi connectivity index (χ0n) is 12.8. The van der Waals surface area contributed by atoms with Gasteiger partial charge in [0.05, 0.1) is 6.10 Å². The second kappa shape index (κ2) is 6.77. The van der Waals surface area contributed by atoms with E-state index in [1.165, 1.54) is 32.1 Å². The molecule has 1 aromatic heterocycles. The Hall–Kier alpha value is -1.52. The molecule has 5 heteroatoms. The predicted molar refractivity (Wildman–Crippen MR) is 82.1 cm³/mol. The summed E-state index contributed by atoms with van der Waals surface area (Å²) >= 11 is 0. The number of ether oxygens (including phenoxy) is 1. The van der Waals surface area contributed by atoms with Gasteiger partial charge in [-0.15, -0.1) is 0 Å². The van der Waals surface area contributed by atoms with Crippen molar-refractivity contribution in [3.05, 3.63) is 6.33 Å². The first kappa shape index (κ1) is 14.9. The summed E-state index contributed by atoms with van der Waals surface area (Å²) in [7, 11) is 0. The fraction of sp³-hybridized carbons (Fsp3) is 0.733. The maximum atomic E-state index is 6.23. The molecular formula is C15H26N4O. The van der Waals surface area contributed by atoms with E-state index in [2.05, 4.69) is 21.8 Å². The third-order valence-corrected chi connectivity index (χ3v) is 3.69. The Morgan fingerprint density at radius 2 is 2.20 bits per heavy atom. The highest BCUT2D eigenvalue weighted by molar-refractivity contribution is 5.68. The zero-order valence-corrected chi connectivity index (χ0v) is 12.8. The predicted octanol–water partition coefficient (Wildman–Crippen LogP) is 3.01. The minimum absolute atomic E-state index is 0.0628. The molecule has 2 N–H and O–H groups in total. The smallest absolute Gasteiger partial charge is 0.242 e. The molecule has 0 saturated carbocycles. The van der Waals surface area contributed by atoms with E-state index in [1.54, 1.807) is 6.33 Å². The average molecular weight is 278 g/mol. The number of anilines is 2. The maximum absolute atomic E-state index is 6.23. The Labute approximate surface area is 121 Å². The third kappa shape index (κ3) is 3.32. The van der Waals surface area contributed by atoms with Crippen molar-refractivity contribution in [2.45, 2.75) is 65.0 Å². The van der Waals surface area contributed by atoms with Crippen molar-refractivity contribution in [1.82, 2.24) is 9.97 Å². The summed E-state index contributed by atoms with van der Waals surface area (Å²) in [5, 5.41) is 0. The van der Waals surface area contributed by atoms with E-state index >= 15 is 0 Å². The molecule has 20 heavy (non-hydrogen) atoms. The van der Waals surface area contributed by atoms with Crippen LogP contribution in [0, 0.1) is 0 Å². The molecule has 1 aliphatic rings. The van der Waals surface area contributed by atoms with Gasteiger partial charge in [0.2, 0.25) is 5.88 Å². The molecule has 0 aliphatic carbocycles. The van der Waals surface area contributed by atoms with Crippen LogP contribution < -0.4 is 15.4 Å². The molecule has 112 valence electrons. The molecule has 1 aliphatic heterocycles. The van der Waals surface area contributed by atoms with Gasteiger partial charge in [-0.1, -0.05) is 13.3 Å². The normalized spacial score (nSPS) is 19.4. The van der Waals surface area contributed by atoms with E-state index in [1.807, 2.05) is 13.8 Å². The number of piperidine rings is 1. The fourth-order valence-electron chi connectivity index (χ4n) is 2.83. The summed E-state index contributed by atoms with van der Waals surface area (Å²) in [5.41, 5.74) is 6.80. The number of nitrogen functional groups attached to an aromatic ring is 1. The van der Waals surface area contributed by atoms with E-state index in [9.17, 15) is 0 Å². The molecule has 1 saturated heterocycles. The second-order valence-electron chi connectivity index (χ2n) is 5.71. The molecule has 0 bridgehead atoms. The van der Waals surface area contributed by atoms with Gasteiger partial charge in [0.15, 0.2) is 5.82 Å². The van der Waals surface area contributed by atoms with Crippen LogP contribution in [0.4, 0.5) is 11.5 Å². The summed E-state index contributed by atoms with van der Waals surface area (Å²) < 4.78 is 5.67. The summed E-state index contributed by atoms with van der Waals surface area (Å²) in [5.74, 6) is 1.35. The highest BCUT2D eigenvalue weighted by atomic mass is 16.5. The van der Waals surface area contributed by atoms with Crippen LogP contribution in [0.15, 0.2) is 6.33 Å². The van der Waals surface area contributed by atoms with Gasteiger partial charge in [-0.3, -0.25) is 0 Å². The lowest BCUT2D eigenvalue weighted by atomic mass is 9.98. The highest BCUT2D eigenvalue weighted by Gasteiger charge is 2.26. The molecule has 0 aromatic carbocycles.